The molecule has 1 heterocycles. The molecule has 1 fully saturated rings. The summed E-state index contributed by atoms with van der Waals surface area (Å²) in [4.78, 5) is 8.86. The summed E-state index contributed by atoms with van der Waals surface area (Å²) < 4.78 is 17.6. The lowest BCUT2D eigenvalue weighted by molar-refractivity contribution is 0.406. The number of hydrogen-bond donors (Lipinski definition) is 2. The molecule has 0 aliphatic heterocycles. The monoisotopic (exact) mass is 508 g/mol. The summed E-state index contributed by atoms with van der Waals surface area (Å²) in [6.45, 7) is 6.60. The summed E-state index contributed by atoms with van der Waals surface area (Å²) >= 11 is 0. The molecule has 2 rings (SSSR count). The van der Waals surface area contributed by atoms with Gasteiger partial charge in [0, 0.05) is 52.2 Å². The van der Waals surface area contributed by atoms with Gasteiger partial charge in [-0.2, -0.15) is 0 Å². The summed E-state index contributed by atoms with van der Waals surface area (Å²) in [7, 11) is 2.74. The van der Waals surface area contributed by atoms with Crippen molar-refractivity contribution in [3.63, 3.8) is 0 Å². The number of rotatable bonds is 6. The van der Waals surface area contributed by atoms with E-state index in [1.54, 1.807) is 14.2 Å². The lowest BCUT2D eigenvalue weighted by Gasteiger charge is -2.30. The Kier molecular flexibility index (Phi) is 10.6. The first kappa shape index (κ1) is 24.1. The lowest BCUT2D eigenvalue weighted by Crippen LogP contribution is -2.46. The quantitative estimate of drug-likeness (QED) is 0.351. The number of methoxy groups -OCH3 is 1. The second-order valence-electron chi connectivity index (χ2n) is 6.77. The number of nitrogens with one attached hydrogen (secondary N) is 2. The predicted octanol–water partition coefficient (Wildman–Crippen LogP) is 3.07. The Bertz CT molecular complexity index is 669. The number of hydrogen-bond acceptors (Lipinski definition) is 4. The molecular formula is C19H33IN4O2S. The molecule has 1 saturated carbocycles. The molecule has 0 amide bonds. The van der Waals surface area contributed by atoms with Gasteiger partial charge in [0.05, 0.1) is 19.3 Å². The molecule has 0 aromatic carbocycles. The molecule has 2 N–H and O–H groups in total. The number of pyridine rings is 1. The fourth-order valence-corrected chi connectivity index (χ4v) is 4.90. The maximum absolute atomic E-state index is 12.1. The van der Waals surface area contributed by atoms with Crippen LogP contribution >= 0.6 is 24.0 Å². The standard InChI is InChI=1S/C19H32N4O2S.HI/c1-6-26(24)16-9-7-8-15(10-16)23-19(20-4)22-12-17-14(3)18(25-5)13(2)11-21-17;/h11,15-16H,6-10,12H2,1-5H3,(H2,20,22,23);1H. The van der Waals surface area contributed by atoms with E-state index in [4.69, 9.17) is 4.74 Å². The van der Waals surface area contributed by atoms with E-state index in [1.165, 1.54) is 0 Å². The Morgan fingerprint density at radius 2 is 2.15 bits per heavy atom. The van der Waals surface area contributed by atoms with E-state index in [9.17, 15) is 4.21 Å². The molecule has 1 aliphatic carbocycles. The van der Waals surface area contributed by atoms with Crippen molar-refractivity contribution in [2.45, 2.75) is 64.3 Å². The predicted molar refractivity (Wildman–Crippen MR) is 124 cm³/mol. The van der Waals surface area contributed by atoms with Crippen LogP contribution in [0.4, 0.5) is 0 Å². The minimum atomic E-state index is -0.718. The zero-order valence-corrected chi connectivity index (χ0v) is 20.1. The zero-order valence-electron chi connectivity index (χ0n) is 17.0. The number of aliphatic imine (C=N–C) groups is 1. The Hall–Kier alpha value is -0.900. The van der Waals surface area contributed by atoms with Crippen LogP contribution in [0.15, 0.2) is 11.2 Å². The van der Waals surface area contributed by atoms with Gasteiger partial charge in [0.1, 0.15) is 5.75 Å². The van der Waals surface area contributed by atoms with E-state index in [1.807, 2.05) is 27.0 Å². The molecule has 1 aromatic rings. The van der Waals surface area contributed by atoms with E-state index >= 15 is 0 Å². The Morgan fingerprint density at radius 1 is 1.41 bits per heavy atom. The molecule has 154 valence electrons. The van der Waals surface area contributed by atoms with Crippen LogP contribution in [0.25, 0.3) is 0 Å². The van der Waals surface area contributed by atoms with Gasteiger partial charge in [0.15, 0.2) is 5.96 Å². The summed E-state index contributed by atoms with van der Waals surface area (Å²) in [5.74, 6) is 2.39. The summed E-state index contributed by atoms with van der Waals surface area (Å²) in [5.41, 5.74) is 3.03. The van der Waals surface area contributed by atoms with Gasteiger partial charge >= 0.3 is 0 Å². The third-order valence-corrected chi connectivity index (χ3v) is 6.76. The molecule has 0 bridgehead atoms. The highest BCUT2D eigenvalue weighted by Gasteiger charge is 2.26. The molecule has 1 aromatic heterocycles. The molecular weight excluding hydrogens is 475 g/mol. The van der Waals surface area contributed by atoms with Crippen LogP contribution in [-0.4, -0.2) is 46.4 Å². The van der Waals surface area contributed by atoms with E-state index < -0.39 is 10.8 Å². The average molecular weight is 508 g/mol. The van der Waals surface area contributed by atoms with Crippen LogP contribution in [0.3, 0.4) is 0 Å². The smallest absolute Gasteiger partial charge is 0.191 e. The summed E-state index contributed by atoms with van der Waals surface area (Å²) in [6.07, 6.45) is 6.05. The third-order valence-electron chi connectivity index (χ3n) is 5.02. The van der Waals surface area contributed by atoms with Gasteiger partial charge in [0.25, 0.3) is 0 Å². The second-order valence-corrected chi connectivity index (χ2v) is 8.78. The minimum Gasteiger partial charge on any atom is -0.496 e. The maximum Gasteiger partial charge on any atom is 0.191 e. The number of halogens is 1. The maximum atomic E-state index is 12.1. The minimum absolute atomic E-state index is 0. The number of ether oxygens (including phenoxy) is 1. The van der Waals surface area contributed by atoms with Crippen LogP contribution in [0.5, 0.6) is 5.75 Å². The lowest BCUT2D eigenvalue weighted by atomic mass is 9.95. The van der Waals surface area contributed by atoms with Gasteiger partial charge in [-0.3, -0.25) is 14.2 Å². The first-order valence-corrected chi connectivity index (χ1v) is 10.7. The average Bonchev–Trinajstić information content (AvgIpc) is 2.66. The second kappa shape index (κ2) is 11.8. The largest absolute Gasteiger partial charge is 0.496 e. The van der Waals surface area contributed by atoms with Crippen LogP contribution < -0.4 is 15.4 Å². The highest BCUT2D eigenvalue weighted by Crippen LogP contribution is 2.24. The molecule has 1 aliphatic rings. The Balaban J connectivity index is 0.00000364. The zero-order chi connectivity index (χ0) is 19.1. The first-order chi connectivity index (χ1) is 12.5. The molecule has 8 heteroatoms. The van der Waals surface area contributed by atoms with Crippen molar-refractivity contribution in [1.29, 1.82) is 0 Å². The molecule has 0 saturated heterocycles. The van der Waals surface area contributed by atoms with Gasteiger partial charge in [-0.1, -0.05) is 13.3 Å². The third kappa shape index (κ3) is 6.58. The molecule has 0 radical (unpaired) electrons. The number of aromatic nitrogens is 1. The van der Waals surface area contributed by atoms with Crippen LogP contribution in [0, 0.1) is 13.8 Å². The summed E-state index contributed by atoms with van der Waals surface area (Å²) in [6, 6.07) is 0.317. The molecule has 3 atom stereocenters. The Morgan fingerprint density at radius 3 is 2.78 bits per heavy atom. The number of aryl methyl sites for hydroxylation is 1. The van der Waals surface area contributed by atoms with E-state index in [-0.39, 0.29) is 24.0 Å². The molecule has 27 heavy (non-hydrogen) atoms. The molecule has 6 nitrogen and oxygen atoms in total. The van der Waals surface area contributed by atoms with Crippen molar-refractivity contribution in [2.75, 3.05) is 19.9 Å². The summed E-state index contributed by atoms with van der Waals surface area (Å²) in [5, 5.41) is 7.14. The van der Waals surface area contributed by atoms with Crippen LogP contribution in [-0.2, 0) is 17.3 Å². The SMILES string of the molecule is CCS(=O)C1CCCC(NC(=NC)NCc2ncc(C)c(OC)c2C)C1.I. The van der Waals surface area contributed by atoms with Crippen molar-refractivity contribution < 1.29 is 8.95 Å². The van der Waals surface area contributed by atoms with Crippen molar-refractivity contribution in [1.82, 2.24) is 15.6 Å². The van der Waals surface area contributed by atoms with Crippen LogP contribution in [0.1, 0.15) is 49.4 Å². The molecule has 3 unspecified atom stereocenters. The van der Waals surface area contributed by atoms with Gasteiger partial charge in [-0.15, -0.1) is 24.0 Å². The van der Waals surface area contributed by atoms with Gasteiger partial charge in [-0.25, -0.2) is 0 Å². The first-order valence-electron chi connectivity index (χ1n) is 9.33. The highest BCUT2D eigenvalue weighted by atomic mass is 127. The topological polar surface area (TPSA) is 75.6 Å². The van der Waals surface area contributed by atoms with Gasteiger partial charge in [0.2, 0.25) is 0 Å². The molecule has 0 spiro atoms. The van der Waals surface area contributed by atoms with Crippen molar-refractivity contribution >= 4 is 40.7 Å². The van der Waals surface area contributed by atoms with E-state index in [0.29, 0.717) is 17.8 Å². The fourth-order valence-electron chi connectivity index (χ4n) is 3.56. The van der Waals surface area contributed by atoms with Gasteiger partial charge < -0.3 is 15.4 Å². The van der Waals surface area contributed by atoms with E-state index in [2.05, 4.69) is 20.6 Å². The van der Waals surface area contributed by atoms with Crippen molar-refractivity contribution in [2.24, 2.45) is 4.99 Å². The van der Waals surface area contributed by atoms with Crippen LogP contribution in [0.2, 0.25) is 0 Å². The Labute approximate surface area is 182 Å². The fraction of sp³-hybridized carbons (Fsp3) is 0.684. The van der Waals surface area contributed by atoms with Crippen molar-refractivity contribution in [3.8, 4) is 5.75 Å². The van der Waals surface area contributed by atoms with Gasteiger partial charge in [-0.05, 0) is 33.1 Å². The number of guanidine groups is 1. The van der Waals surface area contributed by atoms with E-state index in [0.717, 1.165) is 60.0 Å². The highest BCUT2D eigenvalue weighted by molar-refractivity contribution is 14.0. The normalized spacial score (nSPS) is 21.1. The number of nitrogens with zero attached hydrogens (tertiary/aromatic N) is 2. The van der Waals surface area contributed by atoms with Crippen molar-refractivity contribution in [3.05, 3.63) is 23.0 Å².